The zero-order chi connectivity index (χ0) is 14.7. The maximum Gasteiger partial charge on any atom is 0.227 e. The Labute approximate surface area is 128 Å². The fourth-order valence-electron chi connectivity index (χ4n) is 2.76. The van der Waals surface area contributed by atoms with Crippen LogP contribution >= 0.6 is 11.8 Å². The Balaban J connectivity index is 1.60. The third-order valence-electron chi connectivity index (χ3n) is 3.99. The summed E-state index contributed by atoms with van der Waals surface area (Å²) < 4.78 is 5.06. The van der Waals surface area contributed by atoms with Crippen LogP contribution in [-0.2, 0) is 4.79 Å². The molecule has 2 fully saturated rings. The molecule has 0 N–H and O–H groups in total. The number of methoxy groups -OCH3 is 1. The first-order valence-electron chi connectivity index (χ1n) is 7.25. The third-order valence-corrected chi connectivity index (χ3v) is 4.94. The predicted octanol–water partition coefficient (Wildman–Crippen LogP) is 0.887. The van der Waals surface area contributed by atoms with Crippen molar-refractivity contribution in [1.29, 1.82) is 0 Å². The Bertz CT molecular complexity index is 490. The number of amides is 1. The van der Waals surface area contributed by atoms with E-state index in [1.807, 2.05) is 16.7 Å². The minimum absolute atomic E-state index is 0.0822. The summed E-state index contributed by atoms with van der Waals surface area (Å²) >= 11 is 1.92. The summed E-state index contributed by atoms with van der Waals surface area (Å²) in [5.74, 6) is 3.83. The van der Waals surface area contributed by atoms with Gasteiger partial charge in [0.15, 0.2) is 5.75 Å². The molecule has 2 aliphatic heterocycles. The fourth-order valence-corrected chi connectivity index (χ4v) is 3.67. The number of carbonyl (C=O) groups excluding carboxylic acids is 1. The molecule has 1 aromatic rings. The predicted molar refractivity (Wildman–Crippen MR) is 82.8 cm³/mol. The molecule has 6 nitrogen and oxygen atoms in total. The van der Waals surface area contributed by atoms with E-state index in [4.69, 9.17) is 4.74 Å². The number of aromatic nitrogens is 2. The lowest BCUT2D eigenvalue weighted by Crippen LogP contribution is -2.42. The molecule has 0 spiro atoms. The number of nitrogens with zero attached hydrogens (tertiary/aromatic N) is 4. The summed E-state index contributed by atoms with van der Waals surface area (Å²) in [5.41, 5.74) is 0. The number of thioether (sulfide) groups is 1. The molecular weight excluding hydrogens is 288 g/mol. The van der Waals surface area contributed by atoms with Crippen LogP contribution in [0.4, 0.5) is 5.95 Å². The van der Waals surface area contributed by atoms with Gasteiger partial charge in [0, 0.05) is 37.7 Å². The average molecular weight is 308 g/mol. The smallest absolute Gasteiger partial charge is 0.227 e. The van der Waals surface area contributed by atoms with Gasteiger partial charge in [-0.2, -0.15) is 11.8 Å². The second-order valence-electron chi connectivity index (χ2n) is 5.29. The molecule has 0 aromatic carbocycles. The van der Waals surface area contributed by atoms with Gasteiger partial charge in [0.25, 0.3) is 0 Å². The minimum atomic E-state index is 0.0822. The Morgan fingerprint density at radius 1 is 1.29 bits per heavy atom. The summed E-state index contributed by atoms with van der Waals surface area (Å²) in [7, 11) is 1.60. The number of rotatable bonds is 3. The van der Waals surface area contributed by atoms with E-state index < -0.39 is 0 Å². The first kappa shape index (κ1) is 14.4. The van der Waals surface area contributed by atoms with Gasteiger partial charge in [0.2, 0.25) is 11.9 Å². The van der Waals surface area contributed by atoms with Gasteiger partial charge in [-0.1, -0.05) is 0 Å². The van der Waals surface area contributed by atoms with Crippen LogP contribution in [0.2, 0.25) is 0 Å². The molecule has 114 valence electrons. The minimum Gasteiger partial charge on any atom is -0.494 e. The summed E-state index contributed by atoms with van der Waals surface area (Å²) in [6.45, 7) is 3.33. The Morgan fingerprint density at radius 2 is 2.00 bits per heavy atom. The Morgan fingerprint density at radius 3 is 2.67 bits per heavy atom. The molecule has 0 radical (unpaired) electrons. The number of carbonyl (C=O) groups is 1. The van der Waals surface area contributed by atoms with Crippen LogP contribution in [-0.4, -0.2) is 65.6 Å². The van der Waals surface area contributed by atoms with Crippen LogP contribution in [0, 0.1) is 5.92 Å². The van der Waals surface area contributed by atoms with Crippen molar-refractivity contribution in [3.63, 3.8) is 0 Å². The van der Waals surface area contributed by atoms with E-state index in [9.17, 15) is 4.79 Å². The van der Waals surface area contributed by atoms with E-state index >= 15 is 0 Å². The van der Waals surface area contributed by atoms with Crippen molar-refractivity contribution in [3.8, 4) is 5.75 Å². The quantitative estimate of drug-likeness (QED) is 0.826. The lowest BCUT2D eigenvalue weighted by atomic mass is 10.1. The maximum atomic E-state index is 12.5. The molecule has 2 saturated heterocycles. The summed E-state index contributed by atoms with van der Waals surface area (Å²) in [5, 5.41) is 0. The monoisotopic (exact) mass is 308 g/mol. The molecule has 21 heavy (non-hydrogen) atoms. The van der Waals surface area contributed by atoms with Crippen molar-refractivity contribution in [2.75, 3.05) is 49.7 Å². The second kappa shape index (κ2) is 6.51. The molecule has 1 atom stereocenters. The van der Waals surface area contributed by atoms with Crippen LogP contribution in [0.15, 0.2) is 12.4 Å². The molecule has 0 saturated carbocycles. The zero-order valence-electron chi connectivity index (χ0n) is 12.2. The normalized spacial score (nSPS) is 22.4. The SMILES string of the molecule is COc1cnc(N2CCC(C(=O)N3CCSCC3)C2)nc1. The first-order valence-corrected chi connectivity index (χ1v) is 8.41. The standard InChI is InChI=1S/C14H20N4O2S/c1-20-12-8-15-14(16-9-12)18-3-2-11(10-18)13(19)17-4-6-21-7-5-17/h8-9,11H,2-7,10H2,1H3. The summed E-state index contributed by atoms with van der Waals surface area (Å²) in [4.78, 5) is 25.2. The lowest BCUT2D eigenvalue weighted by molar-refractivity contribution is -0.134. The topological polar surface area (TPSA) is 58.6 Å². The van der Waals surface area contributed by atoms with E-state index in [0.29, 0.717) is 17.6 Å². The van der Waals surface area contributed by atoms with Gasteiger partial charge >= 0.3 is 0 Å². The molecule has 1 unspecified atom stereocenters. The van der Waals surface area contributed by atoms with Gasteiger partial charge in [-0.15, -0.1) is 0 Å². The summed E-state index contributed by atoms with van der Waals surface area (Å²) in [6.07, 6.45) is 4.22. The fraction of sp³-hybridized carbons (Fsp3) is 0.643. The van der Waals surface area contributed by atoms with Crippen molar-refractivity contribution in [2.45, 2.75) is 6.42 Å². The van der Waals surface area contributed by atoms with Crippen molar-refractivity contribution in [3.05, 3.63) is 12.4 Å². The highest BCUT2D eigenvalue weighted by molar-refractivity contribution is 7.99. The van der Waals surface area contributed by atoms with Crippen LogP contribution in [0.5, 0.6) is 5.75 Å². The summed E-state index contributed by atoms with van der Waals surface area (Å²) in [6, 6.07) is 0. The largest absolute Gasteiger partial charge is 0.494 e. The van der Waals surface area contributed by atoms with Gasteiger partial charge in [0.05, 0.1) is 25.4 Å². The van der Waals surface area contributed by atoms with Crippen molar-refractivity contribution in [2.24, 2.45) is 5.92 Å². The third kappa shape index (κ3) is 3.23. The van der Waals surface area contributed by atoms with Crippen molar-refractivity contribution < 1.29 is 9.53 Å². The molecular formula is C14H20N4O2S. The lowest BCUT2D eigenvalue weighted by Gasteiger charge is -2.28. The van der Waals surface area contributed by atoms with E-state index in [0.717, 1.165) is 44.1 Å². The van der Waals surface area contributed by atoms with Crippen molar-refractivity contribution in [1.82, 2.24) is 14.9 Å². The molecule has 3 rings (SSSR count). The number of anilines is 1. The van der Waals surface area contributed by atoms with E-state index in [-0.39, 0.29) is 5.92 Å². The van der Waals surface area contributed by atoms with Gasteiger partial charge < -0.3 is 14.5 Å². The van der Waals surface area contributed by atoms with E-state index in [1.54, 1.807) is 19.5 Å². The molecule has 0 bridgehead atoms. The highest BCUT2D eigenvalue weighted by Crippen LogP contribution is 2.24. The Hall–Kier alpha value is -1.50. The van der Waals surface area contributed by atoms with Gasteiger partial charge in [-0.3, -0.25) is 4.79 Å². The first-order chi connectivity index (χ1) is 10.3. The number of hydrogen-bond acceptors (Lipinski definition) is 6. The molecule has 1 amide bonds. The van der Waals surface area contributed by atoms with Crippen LogP contribution < -0.4 is 9.64 Å². The Kier molecular flexibility index (Phi) is 4.48. The molecule has 1 aromatic heterocycles. The zero-order valence-corrected chi connectivity index (χ0v) is 13.0. The molecule has 2 aliphatic rings. The molecule has 3 heterocycles. The molecule has 7 heteroatoms. The van der Waals surface area contributed by atoms with E-state index in [2.05, 4.69) is 14.9 Å². The highest BCUT2D eigenvalue weighted by atomic mass is 32.2. The molecule has 0 aliphatic carbocycles. The van der Waals surface area contributed by atoms with Gasteiger partial charge in [0.1, 0.15) is 0 Å². The number of hydrogen-bond donors (Lipinski definition) is 0. The van der Waals surface area contributed by atoms with Crippen LogP contribution in [0.1, 0.15) is 6.42 Å². The van der Waals surface area contributed by atoms with Gasteiger partial charge in [-0.05, 0) is 6.42 Å². The van der Waals surface area contributed by atoms with E-state index in [1.165, 1.54) is 0 Å². The number of ether oxygens (including phenoxy) is 1. The highest BCUT2D eigenvalue weighted by Gasteiger charge is 2.32. The average Bonchev–Trinajstić information content (AvgIpc) is 3.05. The second-order valence-corrected chi connectivity index (χ2v) is 6.52. The van der Waals surface area contributed by atoms with Crippen molar-refractivity contribution >= 4 is 23.6 Å². The van der Waals surface area contributed by atoms with Crippen LogP contribution in [0.25, 0.3) is 0 Å². The van der Waals surface area contributed by atoms with Crippen LogP contribution in [0.3, 0.4) is 0 Å². The maximum absolute atomic E-state index is 12.5. The van der Waals surface area contributed by atoms with Gasteiger partial charge in [-0.25, -0.2) is 9.97 Å².